The molecular weight excluding hydrogens is 541 g/mol. The van der Waals surface area contributed by atoms with Gasteiger partial charge in [-0.15, -0.1) is 0 Å². The van der Waals surface area contributed by atoms with Crippen molar-refractivity contribution in [2.24, 2.45) is 0 Å². The summed E-state index contributed by atoms with van der Waals surface area (Å²) < 4.78 is 19.2. The molecule has 11 heteroatoms. The summed E-state index contributed by atoms with van der Waals surface area (Å²) in [6.45, 7) is 4.37. The molecule has 0 saturated heterocycles. The summed E-state index contributed by atoms with van der Waals surface area (Å²) in [6.07, 6.45) is 4.41. The van der Waals surface area contributed by atoms with E-state index in [9.17, 15) is 4.57 Å². The molecule has 0 radical (unpaired) electrons. The van der Waals surface area contributed by atoms with Crippen molar-refractivity contribution >= 4 is 57.2 Å². The van der Waals surface area contributed by atoms with Gasteiger partial charge in [-0.05, 0) is 47.5 Å². The number of nitrogens with zero attached hydrogens (tertiary/aromatic N) is 4. The Hall–Kier alpha value is -3.36. The number of fused-ring (bicyclic) bond motifs is 3. The van der Waals surface area contributed by atoms with E-state index in [4.69, 9.17) is 4.74 Å². The lowest BCUT2D eigenvalue weighted by atomic mass is 10.0. The number of anilines is 5. The van der Waals surface area contributed by atoms with Crippen LogP contribution in [0.25, 0.3) is 11.1 Å². The largest absolute Gasteiger partial charge is 0.494 e. The quantitative estimate of drug-likeness (QED) is 0.267. The Morgan fingerprint density at radius 2 is 1.92 bits per heavy atom. The molecule has 0 aliphatic carbocycles. The van der Waals surface area contributed by atoms with E-state index in [1.807, 2.05) is 42.6 Å². The van der Waals surface area contributed by atoms with E-state index in [2.05, 4.69) is 58.7 Å². The molecule has 0 bridgehead atoms. The Morgan fingerprint density at radius 1 is 1.11 bits per heavy atom. The zero-order valence-electron chi connectivity index (χ0n) is 20.5. The van der Waals surface area contributed by atoms with Crippen LogP contribution in [0.2, 0.25) is 0 Å². The zero-order chi connectivity index (χ0) is 25.4. The fourth-order valence-corrected chi connectivity index (χ4v) is 5.76. The van der Waals surface area contributed by atoms with Crippen molar-refractivity contribution in [3.63, 3.8) is 0 Å². The topological polar surface area (TPSA) is 108 Å². The first-order chi connectivity index (χ1) is 17.2. The van der Waals surface area contributed by atoms with Gasteiger partial charge in [0, 0.05) is 60.1 Å². The molecule has 0 unspecified atom stereocenters. The summed E-state index contributed by atoms with van der Waals surface area (Å²) in [4.78, 5) is 11.4. The fourth-order valence-electron chi connectivity index (χ4n) is 4.31. The van der Waals surface area contributed by atoms with Crippen LogP contribution in [0.4, 0.5) is 28.8 Å². The third kappa shape index (κ3) is 4.70. The molecule has 0 amide bonds. The number of para-hydroxylation sites is 1. The number of halogens is 1. The highest BCUT2D eigenvalue weighted by Crippen LogP contribution is 2.42. The minimum atomic E-state index is -2.49. The lowest BCUT2D eigenvalue weighted by Gasteiger charge is -2.22. The number of H-pyrrole nitrogens is 1. The molecule has 0 atom stereocenters. The summed E-state index contributed by atoms with van der Waals surface area (Å²) >= 11 is 3.53. The zero-order valence-corrected chi connectivity index (χ0v) is 22.9. The first kappa shape index (κ1) is 24.3. The number of hydrogen-bond acceptors (Lipinski definition) is 8. The number of ether oxygens (including phenoxy) is 1. The highest BCUT2D eigenvalue weighted by Gasteiger charge is 2.23. The van der Waals surface area contributed by atoms with Gasteiger partial charge in [0.25, 0.3) is 0 Å². The highest BCUT2D eigenvalue weighted by molar-refractivity contribution is 9.10. The Kier molecular flexibility index (Phi) is 6.49. The summed E-state index contributed by atoms with van der Waals surface area (Å²) in [5.74, 6) is 1.62. The van der Waals surface area contributed by atoms with Crippen molar-refractivity contribution in [2.45, 2.75) is 6.42 Å². The molecule has 0 fully saturated rings. The number of rotatable bonds is 6. The van der Waals surface area contributed by atoms with Gasteiger partial charge < -0.3 is 24.8 Å². The van der Waals surface area contributed by atoms with E-state index >= 15 is 0 Å². The molecule has 186 valence electrons. The average Bonchev–Trinajstić information content (AvgIpc) is 3.28. The van der Waals surface area contributed by atoms with Crippen LogP contribution in [0.3, 0.4) is 0 Å². The van der Waals surface area contributed by atoms with Crippen LogP contribution in [0.5, 0.6) is 5.75 Å². The van der Waals surface area contributed by atoms with Crippen molar-refractivity contribution < 1.29 is 9.30 Å². The maximum absolute atomic E-state index is 12.8. The van der Waals surface area contributed by atoms with E-state index in [1.165, 1.54) is 0 Å². The Bertz CT molecular complexity index is 1480. The van der Waals surface area contributed by atoms with Gasteiger partial charge in [0.2, 0.25) is 5.95 Å². The van der Waals surface area contributed by atoms with Gasteiger partial charge in [-0.2, -0.15) is 10.1 Å². The first-order valence-corrected chi connectivity index (χ1v) is 14.8. The summed E-state index contributed by atoms with van der Waals surface area (Å²) in [5.41, 5.74) is 5.77. The minimum Gasteiger partial charge on any atom is -0.494 e. The number of aromatic amines is 1. The van der Waals surface area contributed by atoms with Gasteiger partial charge in [-0.3, -0.25) is 5.10 Å². The third-order valence-corrected chi connectivity index (χ3v) is 8.29. The molecule has 2 aromatic carbocycles. The van der Waals surface area contributed by atoms with E-state index in [1.54, 1.807) is 26.6 Å². The van der Waals surface area contributed by atoms with Crippen LogP contribution in [0.15, 0.2) is 53.3 Å². The Morgan fingerprint density at radius 3 is 2.69 bits per heavy atom. The van der Waals surface area contributed by atoms with Gasteiger partial charge in [-0.1, -0.05) is 12.1 Å². The van der Waals surface area contributed by atoms with Gasteiger partial charge in [0.1, 0.15) is 18.7 Å². The van der Waals surface area contributed by atoms with Gasteiger partial charge in [0.05, 0.1) is 29.2 Å². The second kappa shape index (κ2) is 9.59. The van der Waals surface area contributed by atoms with Crippen LogP contribution in [-0.4, -0.2) is 54.2 Å². The number of methoxy groups -OCH3 is 1. The standard InChI is InChI=1S/C25H27BrN7O2P/c1-33-10-9-18-16(13-28-32-18)15-11-20(22(35-2)12-21(15)33)30-25-27-14-17(26)24(31-25)29-19-7-5-6-8-23(19)36(3,4)34/h5-8,11-14H,9-10H2,1-4H3,(H,28,32)(H2,27,29,30,31). The maximum atomic E-state index is 12.8. The van der Waals surface area contributed by atoms with Crippen molar-refractivity contribution in [3.05, 3.63) is 59.0 Å². The first-order valence-electron chi connectivity index (χ1n) is 11.4. The molecule has 4 aromatic rings. The molecule has 2 aromatic heterocycles. The molecule has 0 saturated carbocycles. The Balaban J connectivity index is 1.52. The molecule has 1 aliphatic heterocycles. The van der Waals surface area contributed by atoms with Crippen LogP contribution in [-0.2, 0) is 11.0 Å². The van der Waals surface area contributed by atoms with E-state index < -0.39 is 7.14 Å². The van der Waals surface area contributed by atoms with E-state index in [0.717, 1.165) is 52.2 Å². The molecule has 5 rings (SSSR count). The average molecular weight is 568 g/mol. The van der Waals surface area contributed by atoms with E-state index in [0.29, 0.717) is 22.0 Å². The number of hydrogen-bond donors (Lipinski definition) is 3. The van der Waals surface area contributed by atoms with Crippen LogP contribution in [0.1, 0.15) is 5.69 Å². The summed E-state index contributed by atoms with van der Waals surface area (Å²) in [7, 11) is 1.23. The van der Waals surface area contributed by atoms with Crippen molar-refractivity contribution in [3.8, 4) is 16.9 Å². The predicted octanol–water partition coefficient (Wildman–Crippen LogP) is 5.37. The van der Waals surface area contributed by atoms with Gasteiger partial charge >= 0.3 is 0 Å². The van der Waals surface area contributed by atoms with Crippen molar-refractivity contribution in [1.82, 2.24) is 20.2 Å². The molecule has 3 N–H and O–H groups in total. The number of nitrogens with one attached hydrogen (secondary N) is 3. The summed E-state index contributed by atoms with van der Waals surface area (Å²) in [6, 6.07) is 11.6. The molecule has 3 heterocycles. The smallest absolute Gasteiger partial charge is 0.229 e. The second-order valence-electron chi connectivity index (χ2n) is 9.01. The number of likely N-dealkylation sites (N-methyl/N-ethyl adjacent to an activating group) is 1. The molecule has 9 nitrogen and oxygen atoms in total. The lowest BCUT2D eigenvalue weighted by molar-refractivity contribution is 0.417. The number of benzene rings is 2. The highest BCUT2D eigenvalue weighted by atomic mass is 79.9. The predicted molar refractivity (Wildman–Crippen MR) is 149 cm³/mol. The molecule has 0 spiro atoms. The van der Waals surface area contributed by atoms with E-state index in [-0.39, 0.29) is 0 Å². The molecule has 1 aliphatic rings. The second-order valence-corrected chi connectivity index (χ2v) is 13.0. The SMILES string of the molecule is COc1cc2c(cc1Nc1ncc(Br)c(Nc3ccccc3P(C)(C)=O)n1)-c1cn[nH]c1CCN2C. The van der Waals surface area contributed by atoms with Crippen LogP contribution < -0.4 is 25.6 Å². The normalized spacial score (nSPS) is 13.0. The summed E-state index contributed by atoms with van der Waals surface area (Å²) in [5, 5.41) is 14.8. The van der Waals surface area contributed by atoms with Gasteiger partial charge in [-0.25, -0.2) is 4.98 Å². The minimum absolute atomic E-state index is 0.391. The van der Waals surface area contributed by atoms with Crippen LogP contribution in [0, 0.1) is 0 Å². The maximum Gasteiger partial charge on any atom is 0.229 e. The number of aromatic nitrogens is 4. The van der Waals surface area contributed by atoms with Crippen LogP contribution >= 0.6 is 23.1 Å². The molecule has 36 heavy (non-hydrogen) atoms. The monoisotopic (exact) mass is 567 g/mol. The van der Waals surface area contributed by atoms with Crippen molar-refractivity contribution in [1.29, 1.82) is 0 Å². The Labute approximate surface area is 218 Å². The van der Waals surface area contributed by atoms with Crippen molar-refractivity contribution in [2.75, 3.05) is 49.6 Å². The molecular formula is C25H27BrN7O2P. The fraction of sp³-hybridized carbons (Fsp3) is 0.240. The van der Waals surface area contributed by atoms with Gasteiger partial charge in [0.15, 0.2) is 0 Å². The third-order valence-electron chi connectivity index (χ3n) is 6.16. The lowest BCUT2D eigenvalue weighted by Crippen LogP contribution is -2.19.